The van der Waals surface area contributed by atoms with E-state index >= 15 is 0 Å². The lowest BCUT2D eigenvalue weighted by molar-refractivity contribution is -0.376. The first-order valence-electron chi connectivity index (χ1n) is 8.79. The van der Waals surface area contributed by atoms with E-state index < -0.39 is 80.7 Å². The molecule has 2 rings (SSSR count). The maximum absolute atomic E-state index is 9.84. The third-order valence-corrected chi connectivity index (χ3v) is 4.39. The van der Waals surface area contributed by atoms with E-state index in [1.165, 1.54) is 0 Å². The molecule has 0 amide bonds. The monoisotopic (exact) mass is 434 g/mol. The van der Waals surface area contributed by atoms with Crippen LogP contribution in [-0.4, -0.2) is 150 Å². The summed E-state index contributed by atoms with van der Waals surface area (Å²) in [6, 6.07) is 0. The van der Waals surface area contributed by atoms with Crippen LogP contribution in [0.4, 0.5) is 0 Å². The average Bonchev–Trinajstić information content (AvgIpc) is 2.73. The van der Waals surface area contributed by atoms with Gasteiger partial charge in [0.15, 0.2) is 12.6 Å². The van der Waals surface area contributed by atoms with E-state index in [2.05, 4.69) is 0 Å². The number of hydrogen-bond donors (Lipinski definition) is 11. The quantitative estimate of drug-likeness (QED) is 0.186. The Labute approximate surface area is 165 Å². The van der Waals surface area contributed by atoms with Gasteiger partial charge in [0.05, 0.1) is 26.4 Å². The third kappa shape index (κ3) is 6.71. The second-order valence-electron chi connectivity index (χ2n) is 6.55. The second-order valence-corrected chi connectivity index (χ2v) is 6.55. The Kier molecular flexibility index (Phi) is 11.3. The molecule has 0 aromatic heterocycles. The van der Waals surface area contributed by atoms with Crippen LogP contribution in [0.3, 0.4) is 0 Å². The van der Waals surface area contributed by atoms with Gasteiger partial charge in [-0.1, -0.05) is 0 Å². The highest BCUT2D eigenvalue weighted by Gasteiger charge is 2.49. The number of hydrogen-bond acceptors (Lipinski definition) is 14. The van der Waals surface area contributed by atoms with E-state index in [0.717, 1.165) is 0 Å². The maximum atomic E-state index is 9.84. The summed E-state index contributed by atoms with van der Waals surface area (Å²) in [6.45, 7) is -2.06. The van der Waals surface area contributed by atoms with Crippen LogP contribution in [0.1, 0.15) is 0 Å². The normalized spacial score (nSPS) is 43.0. The summed E-state index contributed by atoms with van der Waals surface area (Å²) in [7, 11) is 0. The van der Waals surface area contributed by atoms with Crippen molar-refractivity contribution in [1.82, 2.24) is 0 Å². The molecule has 2 aliphatic rings. The minimum absolute atomic E-state index is 0.365. The van der Waals surface area contributed by atoms with Gasteiger partial charge >= 0.3 is 0 Å². The maximum Gasteiger partial charge on any atom is 0.189 e. The van der Waals surface area contributed by atoms with Crippen LogP contribution in [-0.2, 0) is 14.2 Å². The Bertz CT molecular complexity index is 413. The first-order valence-corrected chi connectivity index (χ1v) is 8.79. The Morgan fingerprint density at radius 2 is 0.931 bits per heavy atom. The SMILES string of the molecule is OCC(O)CO.OC[C@H]1O[C@H](O[C@H]2O[C@H](CO)[C@@H](O)[C@H](O)[C@H]2O)[C@H](O)[C@@H](O)[C@@H]1O. The largest absolute Gasteiger partial charge is 0.394 e. The van der Waals surface area contributed by atoms with Crippen molar-refractivity contribution in [3.8, 4) is 0 Å². The summed E-state index contributed by atoms with van der Waals surface area (Å²) in [5.41, 5.74) is 0. The molecule has 14 heteroatoms. The molecule has 14 nitrogen and oxygen atoms in total. The van der Waals surface area contributed by atoms with Crippen LogP contribution in [0.2, 0.25) is 0 Å². The fourth-order valence-electron chi connectivity index (χ4n) is 2.55. The molecule has 0 radical (unpaired) electrons. The van der Waals surface area contributed by atoms with Gasteiger partial charge in [-0.3, -0.25) is 0 Å². The molecule has 2 fully saturated rings. The van der Waals surface area contributed by atoms with E-state index in [1.807, 2.05) is 0 Å². The second kappa shape index (κ2) is 12.3. The number of rotatable bonds is 6. The molecule has 29 heavy (non-hydrogen) atoms. The zero-order valence-corrected chi connectivity index (χ0v) is 15.3. The van der Waals surface area contributed by atoms with Gasteiger partial charge in [-0.05, 0) is 0 Å². The van der Waals surface area contributed by atoms with E-state index in [-0.39, 0.29) is 13.2 Å². The minimum Gasteiger partial charge on any atom is -0.394 e. The Hall–Kier alpha value is -0.560. The molecule has 0 bridgehead atoms. The number of aliphatic hydroxyl groups is 11. The van der Waals surface area contributed by atoms with Crippen molar-refractivity contribution >= 4 is 0 Å². The highest BCUT2D eigenvalue weighted by Crippen LogP contribution is 2.27. The molecule has 0 aromatic carbocycles. The van der Waals surface area contributed by atoms with Crippen molar-refractivity contribution in [1.29, 1.82) is 0 Å². The van der Waals surface area contributed by atoms with Gasteiger partial charge in [0.25, 0.3) is 0 Å². The Balaban J connectivity index is 0.000000612. The van der Waals surface area contributed by atoms with Crippen LogP contribution in [0.5, 0.6) is 0 Å². The van der Waals surface area contributed by atoms with Crippen molar-refractivity contribution in [2.24, 2.45) is 0 Å². The van der Waals surface area contributed by atoms with E-state index in [1.54, 1.807) is 0 Å². The first kappa shape index (κ1) is 26.5. The summed E-state index contributed by atoms with van der Waals surface area (Å²) in [4.78, 5) is 0. The molecule has 174 valence electrons. The molecule has 2 heterocycles. The van der Waals surface area contributed by atoms with Crippen molar-refractivity contribution < 1.29 is 70.4 Å². The molecule has 2 aliphatic heterocycles. The van der Waals surface area contributed by atoms with Gasteiger partial charge in [0, 0.05) is 0 Å². The zero-order chi connectivity index (χ0) is 22.3. The van der Waals surface area contributed by atoms with Gasteiger partial charge in [-0.15, -0.1) is 0 Å². The molecule has 0 unspecified atom stereocenters. The average molecular weight is 434 g/mol. The smallest absolute Gasteiger partial charge is 0.189 e. The molecular formula is C15H30O14. The summed E-state index contributed by atoms with van der Waals surface area (Å²) in [6.07, 6.45) is -16.5. The molecular weight excluding hydrogens is 404 g/mol. The van der Waals surface area contributed by atoms with Crippen LogP contribution < -0.4 is 0 Å². The zero-order valence-electron chi connectivity index (χ0n) is 15.3. The van der Waals surface area contributed by atoms with Gasteiger partial charge in [0.1, 0.15) is 54.9 Å². The predicted molar refractivity (Wildman–Crippen MR) is 88.8 cm³/mol. The summed E-state index contributed by atoms with van der Waals surface area (Å²) >= 11 is 0. The van der Waals surface area contributed by atoms with E-state index in [9.17, 15) is 30.6 Å². The van der Waals surface area contributed by atoms with Crippen molar-refractivity contribution in [3.63, 3.8) is 0 Å². The van der Waals surface area contributed by atoms with Gasteiger partial charge in [-0.2, -0.15) is 0 Å². The molecule has 0 aromatic rings. The van der Waals surface area contributed by atoms with Gasteiger partial charge < -0.3 is 70.4 Å². The van der Waals surface area contributed by atoms with Crippen LogP contribution in [0.15, 0.2) is 0 Å². The standard InChI is InChI=1S/C12H22O11.C3H8O3/c13-1-3-5(15)7(17)9(19)11(21-3)23-12-10(20)8(18)6(16)4(2-14)22-12;4-1-3(6)2-5/h3-20H,1-2H2;3-6H,1-2H2/t3-,4-,5-,6-,7+,8+,9-,10-,11-,12-;/m1./s1. The van der Waals surface area contributed by atoms with E-state index in [4.69, 9.17) is 39.7 Å². The van der Waals surface area contributed by atoms with Gasteiger partial charge in [0.2, 0.25) is 0 Å². The molecule has 0 spiro atoms. The first-order chi connectivity index (χ1) is 13.6. The predicted octanol–water partition coefficient (Wildman–Crippen LogP) is -7.07. The molecule has 2 saturated heterocycles. The molecule has 0 saturated carbocycles. The van der Waals surface area contributed by atoms with Crippen molar-refractivity contribution in [2.45, 2.75) is 67.5 Å². The Morgan fingerprint density at radius 3 is 1.17 bits per heavy atom. The molecule has 11 N–H and O–H groups in total. The number of aliphatic hydroxyl groups excluding tert-OH is 11. The van der Waals surface area contributed by atoms with Crippen molar-refractivity contribution in [2.75, 3.05) is 26.4 Å². The highest BCUT2D eigenvalue weighted by molar-refractivity contribution is 4.92. The molecule has 10 atom stereocenters. The fourth-order valence-corrected chi connectivity index (χ4v) is 2.55. The van der Waals surface area contributed by atoms with E-state index in [0.29, 0.717) is 0 Å². The summed E-state index contributed by atoms with van der Waals surface area (Å²) in [5.74, 6) is 0. The number of ether oxygens (including phenoxy) is 3. The lowest BCUT2D eigenvalue weighted by Crippen LogP contribution is -2.63. The lowest BCUT2D eigenvalue weighted by atomic mass is 9.98. The highest BCUT2D eigenvalue weighted by atomic mass is 16.8. The molecule has 0 aliphatic carbocycles. The summed E-state index contributed by atoms with van der Waals surface area (Å²) < 4.78 is 15.3. The topological polar surface area (TPSA) is 250 Å². The van der Waals surface area contributed by atoms with Gasteiger partial charge in [-0.25, -0.2) is 0 Å². The summed E-state index contributed by atoms with van der Waals surface area (Å²) in [5, 5.41) is 100. The van der Waals surface area contributed by atoms with Crippen LogP contribution in [0.25, 0.3) is 0 Å². The van der Waals surface area contributed by atoms with Crippen LogP contribution >= 0.6 is 0 Å². The lowest BCUT2D eigenvalue weighted by Gasteiger charge is -2.44. The third-order valence-electron chi connectivity index (χ3n) is 4.39. The van der Waals surface area contributed by atoms with Crippen molar-refractivity contribution in [3.05, 3.63) is 0 Å². The van der Waals surface area contributed by atoms with Crippen LogP contribution in [0, 0.1) is 0 Å². The minimum atomic E-state index is -1.72. The Morgan fingerprint density at radius 1 is 0.586 bits per heavy atom. The fraction of sp³-hybridized carbons (Fsp3) is 1.00.